The lowest BCUT2D eigenvalue weighted by Crippen LogP contribution is -2.29. The number of hydrogen-bond acceptors (Lipinski definition) is 2. The maximum absolute atomic E-state index is 13.4. The predicted molar refractivity (Wildman–Crippen MR) is 67.1 cm³/mol. The monoisotopic (exact) mass is 279 g/mol. The maximum Gasteiger partial charge on any atom is 0.212 e. The Morgan fingerprint density at radius 3 is 2.65 bits per heavy atom. The first-order valence-electron chi connectivity index (χ1n) is 5.26. The van der Waals surface area contributed by atoms with E-state index < -0.39 is 21.9 Å². The molecule has 0 aromatic heterocycles. The summed E-state index contributed by atoms with van der Waals surface area (Å²) in [4.78, 5) is 0. The highest BCUT2D eigenvalue weighted by Gasteiger charge is 2.17. The van der Waals surface area contributed by atoms with Crippen LogP contribution in [0, 0.1) is 5.82 Å². The molecule has 17 heavy (non-hydrogen) atoms. The van der Waals surface area contributed by atoms with Crippen LogP contribution in [0.15, 0.2) is 24.3 Å². The second-order valence-electron chi connectivity index (χ2n) is 3.72. The molecule has 0 aliphatic carbocycles. The molecule has 0 heterocycles. The Morgan fingerprint density at radius 2 is 2.06 bits per heavy atom. The summed E-state index contributed by atoms with van der Waals surface area (Å²) in [5.41, 5.74) is 0.335. The van der Waals surface area contributed by atoms with Crippen molar-refractivity contribution in [2.24, 2.45) is 0 Å². The molecule has 1 atom stereocenters. The van der Waals surface area contributed by atoms with E-state index in [1.54, 1.807) is 25.1 Å². The van der Waals surface area contributed by atoms with Gasteiger partial charge >= 0.3 is 0 Å². The second kappa shape index (κ2) is 6.33. The summed E-state index contributed by atoms with van der Waals surface area (Å²) in [6.45, 7) is 1.61. The fourth-order valence-electron chi connectivity index (χ4n) is 1.46. The van der Waals surface area contributed by atoms with E-state index >= 15 is 0 Å². The lowest BCUT2D eigenvalue weighted by Gasteiger charge is -2.14. The zero-order chi connectivity index (χ0) is 12.9. The Bertz CT molecular complexity index is 464. The van der Waals surface area contributed by atoms with Crippen molar-refractivity contribution in [3.05, 3.63) is 35.6 Å². The third-order valence-corrected chi connectivity index (χ3v) is 4.08. The number of rotatable bonds is 6. The third-order valence-electron chi connectivity index (χ3n) is 2.27. The molecule has 96 valence electrons. The molecule has 0 unspecified atom stereocenters. The Balaban J connectivity index is 2.73. The normalized spacial score (nSPS) is 13.6. The van der Waals surface area contributed by atoms with Crippen LogP contribution in [-0.4, -0.2) is 20.1 Å². The van der Waals surface area contributed by atoms with Crippen LogP contribution in [-0.2, 0) is 10.0 Å². The minimum atomic E-state index is -3.41. The van der Waals surface area contributed by atoms with Gasteiger partial charge in [0.2, 0.25) is 10.0 Å². The van der Waals surface area contributed by atoms with Crippen molar-refractivity contribution in [2.75, 3.05) is 11.6 Å². The van der Waals surface area contributed by atoms with E-state index in [4.69, 9.17) is 11.6 Å². The molecule has 0 amide bonds. The molecule has 1 rings (SSSR count). The first-order valence-corrected chi connectivity index (χ1v) is 7.45. The highest BCUT2D eigenvalue weighted by molar-refractivity contribution is 7.89. The topological polar surface area (TPSA) is 46.2 Å². The van der Waals surface area contributed by atoms with E-state index in [9.17, 15) is 12.8 Å². The number of halogens is 2. The molecular weight excluding hydrogens is 265 g/mol. The van der Waals surface area contributed by atoms with Gasteiger partial charge in [0.25, 0.3) is 0 Å². The van der Waals surface area contributed by atoms with Gasteiger partial charge in [-0.05, 0) is 19.4 Å². The molecule has 0 spiro atoms. The van der Waals surface area contributed by atoms with Crippen LogP contribution < -0.4 is 4.72 Å². The number of alkyl halides is 1. The summed E-state index contributed by atoms with van der Waals surface area (Å²) in [6, 6.07) is 5.51. The fraction of sp³-hybridized carbons (Fsp3) is 0.455. The number of sulfonamides is 1. The summed E-state index contributed by atoms with van der Waals surface area (Å²) in [5, 5.41) is 0. The molecule has 0 aliphatic heterocycles. The van der Waals surface area contributed by atoms with Gasteiger partial charge in [-0.2, -0.15) is 0 Å². The smallest absolute Gasteiger partial charge is 0.212 e. The van der Waals surface area contributed by atoms with Gasteiger partial charge < -0.3 is 0 Å². The lowest BCUT2D eigenvalue weighted by molar-refractivity contribution is 0.549. The number of benzene rings is 1. The Hall–Kier alpha value is -0.650. The summed E-state index contributed by atoms with van der Waals surface area (Å²) < 4.78 is 39.0. The Kier molecular flexibility index (Phi) is 5.36. The van der Waals surface area contributed by atoms with Gasteiger partial charge in [-0.25, -0.2) is 17.5 Å². The summed E-state index contributed by atoms with van der Waals surface area (Å²) in [7, 11) is -3.41. The standard InChI is InChI=1S/C11H15ClFNO2S/c1-9(10-5-2-3-6-11(10)13)14-17(15,16)8-4-7-12/h2-3,5-6,9,14H,4,7-8H2,1H3/t9-/m1/s1. The zero-order valence-electron chi connectivity index (χ0n) is 9.49. The molecule has 0 fully saturated rings. The van der Waals surface area contributed by atoms with Crippen molar-refractivity contribution < 1.29 is 12.8 Å². The van der Waals surface area contributed by atoms with E-state index in [-0.39, 0.29) is 11.6 Å². The maximum atomic E-state index is 13.4. The molecule has 3 nitrogen and oxygen atoms in total. The van der Waals surface area contributed by atoms with Crippen LogP contribution >= 0.6 is 11.6 Å². The third kappa shape index (κ3) is 4.61. The van der Waals surface area contributed by atoms with E-state index in [1.165, 1.54) is 6.07 Å². The molecule has 1 N–H and O–H groups in total. The average molecular weight is 280 g/mol. The van der Waals surface area contributed by atoms with Gasteiger partial charge in [0.05, 0.1) is 5.75 Å². The summed E-state index contributed by atoms with van der Waals surface area (Å²) in [6.07, 6.45) is 0.376. The minimum Gasteiger partial charge on any atom is -0.212 e. The van der Waals surface area contributed by atoms with Crippen molar-refractivity contribution in [2.45, 2.75) is 19.4 Å². The van der Waals surface area contributed by atoms with Crippen molar-refractivity contribution in [3.8, 4) is 0 Å². The Morgan fingerprint density at radius 1 is 1.41 bits per heavy atom. The van der Waals surface area contributed by atoms with E-state index in [1.807, 2.05) is 0 Å². The summed E-state index contributed by atoms with van der Waals surface area (Å²) in [5.74, 6) is -0.176. The van der Waals surface area contributed by atoms with Crippen LogP contribution in [0.25, 0.3) is 0 Å². The fourth-order valence-corrected chi connectivity index (χ4v) is 3.06. The molecule has 1 aromatic carbocycles. The average Bonchev–Trinajstić information content (AvgIpc) is 2.26. The Labute approximate surface area is 106 Å². The minimum absolute atomic E-state index is 0.0463. The molecule has 0 radical (unpaired) electrons. The first-order chi connectivity index (χ1) is 7.96. The van der Waals surface area contributed by atoms with E-state index in [2.05, 4.69) is 4.72 Å². The predicted octanol–water partition coefficient (Wildman–Crippen LogP) is 2.44. The van der Waals surface area contributed by atoms with Gasteiger partial charge in [-0.1, -0.05) is 18.2 Å². The van der Waals surface area contributed by atoms with Gasteiger partial charge in [-0.15, -0.1) is 11.6 Å². The summed E-state index contributed by atoms with van der Waals surface area (Å²) >= 11 is 5.43. The molecular formula is C11H15ClFNO2S. The molecule has 6 heteroatoms. The highest BCUT2D eigenvalue weighted by Crippen LogP contribution is 2.17. The van der Waals surface area contributed by atoms with Crippen LogP contribution in [0.1, 0.15) is 24.9 Å². The van der Waals surface area contributed by atoms with E-state index in [0.29, 0.717) is 12.0 Å². The molecule has 0 saturated heterocycles. The van der Waals surface area contributed by atoms with E-state index in [0.717, 1.165) is 0 Å². The van der Waals surface area contributed by atoms with Crippen LogP contribution in [0.5, 0.6) is 0 Å². The SMILES string of the molecule is C[C@@H](NS(=O)(=O)CCCCl)c1ccccc1F. The van der Waals surface area contributed by atoms with Gasteiger partial charge in [0.15, 0.2) is 0 Å². The molecule has 0 aliphatic rings. The van der Waals surface area contributed by atoms with Gasteiger partial charge in [0.1, 0.15) is 5.82 Å². The van der Waals surface area contributed by atoms with Crippen LogP contribution in [0.2, 0.25) is 0 Å². The molecule has 1 aromatic rings. The quantitative estimate of drug-likeness (QED) is 0.813. The van der Waals surface area contributed by atoms with Crippen molar-refractivity contribution in [1.29, 1.82) is 0 Å². The number of hydrogen-bond donors (Lipinski definition) is 1. The van der Waals surface area contributed by atoms with Crippen molar-refractivity contribution in [1.82, 2.24) is 4.72 Å². The van der Waals surface area contributed by atoms with Crippen LogP contribution in [0.4, 0.5) is 4.39 Å². The lowest BCUT2D eigenvalue weighted by atomic mass is 10.1. The van der Waals surface area contributed by atoms with Gasteiger partial charge in [-0.3, -0.25) is 0 Å². The number of nitrogens with one attached hydrogen (secondary N) is 1. The molecule has 0 bridgehead atoms. The van der Waals surface area contributed by atoms with Gasteiger partial charge in [0, 0.05) is 17.5 Å². The van der Waals surface area contributed by atoms with Crippen molar-refractivity contribution in [3.63, 3.8) is 0 Å². The first kappa shape index (κ1) is 14.4. The van der Waals surface area contributed by atoms with Crippen molar-refractivity contribution >= 4 is 21.6 Å². The van der Waals surface area contributed by atoms with Crippen LogP contribution in [0.3, 0.4) is 0 Å². The highest BCUT2D eigenvalue weighted by atomic mass is 35.5. The largest absolute Gasteiger partial charge is 0.212 e. The molecule has 0 saturated carbocycles. The zero-order valence-corrected chi connectivity index (χ0v) is 11.1. The second-order valence-corrected chi connectivity index (χ2v) is 5.97.